The van der Waals surface area contributed by atoms with Crippen molar-refractivity contribution in [1.29, 1.82) is 0 Å². The summed E-state index contributed by atoms with van der Waals surface area (Å²) in [6, 6.07) is 14.2. The first-order chi connectivity index (χ1) is 13.5. The van der Waals surface area contributed by atoms with E-state index in [9.17, 15) is 9.36 Å². The Bertz CT molecular complexity index is 817. The fraction of sp³-hybridized carbons (Fsp3) is 0.316. The van der Waals surface area contributed by atoms with E-state index in [1.54, 1.807) is 43.5 Å². The van der Waals surface area contributed by atoms with Gasteiger partial charge in [-0.25, -0.2) is 4.79 Å². The molecule has 28 heavy (non-hydrogen) atoms. The number of hydrogen-bond acceptors (Lipinski definition) is 7. The second kappa shape index (κ2) is 10.1. The fourth-order valence-corrected chi connectivity index (χ4v) is 3.06. The fourth-order valence-electron chi connectivity index (χ4n) is 2.40. The molecule has 152 valence electrons. The number of hydrogen-bond donors (Lipinski definition) is 0. The highest BCUT2D eigenvalue weighted by Crippen LogP contribution is 2.47. The van der Waals surface area contributed by atoms with Gasteiger partial charge in [0.05, 0.1) is 26.5 Å². The monoisotopic (exact) mass is 409 g/mol. The van der Waals surface area contributed by atoms with Crippen LogP contribution in [-0.4, -0.2) is 40.9 Å². The number of amides is 1. The molecule has 2 rings (SSSR count). The highest BCUT2D eigenvalue weighted by atomic mass is 31.2. The van der Waals surface area contributed by atoms with Gasteiger partial charge in [0.2, 0.25) is 0 Å². The Morgan fingerprint density at radius 2 is 1.61 bits per heavy atom. The molecular formula is C19H24NO7P. The van der Waals surface area contributed by atoms with Gasteiger partial charge in [-0.2, -0.15) is 0 Å². The van der Waals surface area contributed by atoms with Crippen LogP contribution in [0.25, 0.3) is 0 Å². The molecule has 0 atom stereocenters. The SMILES string of the molecule is COC(=O)N(Cc1ccc(OC)cc1)c1ccccc1OCP(=O)(OC)OC. The molecule has 2 aromatic carbocycles. The Labute approximate surface area is 164 Å². The van der Waals surface area contributed by atoms with Crippen LogP contribution in [0.3, 0.4) is 0 Å². The van der Waals surface area contributed by atoms with Crippen LogP contribution < -0.4 is 14.4 Å². The molecule has 0 aliphatic carbocycles. The second-order valence-electron chi connectivity index (χ2n) is 5.62. The molecule has 0 heterocycles. The quantitative estimate of drug-likeness (QED) is 0.571. The summed E-state index contributed by atoms with van der Waals surface area (Å²) in [5.41, 5.74) is 1.32. The Kier molecular flexibility index (Phi) is 7.87. The van der Waals surface area contributed by atoms with E-state index in [1.165, 1.54) is 26.2 Å². The molecule has 8 nitrogen and oxygen atoms in total. The van der Waals surface area contributed by atoms with E-state index >= 15 is 0 Å². The normalized spacial score (nSPS) is 11.0. The van der Waals surface area contributed by atoms with E-state index in [1.807, 2.05) is 12.1 Å². The molecule has 0 spiro atoms. The van der Waals surface area contributed by atoms with Gasteiger partial charge in [-0.1, -0.05) is 24.3 Å². The minimum absolute atomic E-state index is 0.239. The van der Waals surface area contributed by atoms with E-state index < -0.39 is 13.7 Å². The van der Waals surface area contributed by atoms with Gasteiger partial charge in [0.1, 0.15) is 11.5 Å². The lowest BCUT2D eigenvalue weighted by atomic mass is 10.2. The van der Waals surface area contributed by atoms with Crippen molar-refractivity contribution in [2.75, 3.05) is 39.7 Å². The van der Waals surface area contributed by atoms with Crippen molar-refractivity contribution < 1.29 is 32.6 Å². The molecule has 0 fully saturated rings. The number of para-hydroxylation sites is 2. The third-order valence-electron chi connectivity index (χ3n) is 3.99. The van der Waals surface area contributed by atoms with Gasteiger partial charge in [-0.3, -0.25) is 9.46 Å². The molecule has 2 aromatic rings. The van der Waals surface area contributed by atoms with Crippen LogP contribution in [-0.2, 0) is 24.9 Å². The van der Waals surface area contributed by atoms with Crippen molar-refractivity contribution >= 4 is 19.4 Å². The average molecular weight is 409 g/mol. The number of rotatable bonds is 9. The van der Waals surface area contributed by atoms with Gasteiger partial charge in [0, 0.05) is 14.2 Å². The van der Waals surface area contributed by atoms with E-state index in [-0.39, 0.29) is 12.9 Å². The predicted octanol–water partition coefficient (Wildman–Crippen LogP) is 4.29. The lowest BCUT2D eigenvalue weighted by molar-refractivity contribution is 0.178. The number of benzene rings is 2. The van der Waals surface area contributed by atoms with Crippen LogP contribution in [0.1, 0.15) is 5.56 Å². The molecule has 1 amide bonds. The lowest BCUT2D eigenvalue weighted by Gasteiger charge is -2.24. The molecule has 0 aromatic heterocycles. The van der Waals surface area contributed by atoms with Crippen LogP contribution in [0.5, 0.6) is 11.5 Å². The third-order valence-corrected chi connectivity index (χ3v) is 5.54. The highest BCUT2D eigenvalue weighted by molar-refractivity contribution is 7.53. The van der Waals surface area contributed by atoms with Gasteiger partial charge in [0.25, 0.3) is 0 Å². The second-order valence-corrected chi connectivity index (χ2v) is 7.83. The number of carbonyl (C=O) groups is 1. The number of methoxy groups -OCH3 is 2. The van der Waals surface area contributed by atoms with Crippen LogP contribution in [0.15, 0.2) is 48.5 Å². The van der Waals surface area contributed by atoms with Gasteiger partial charge < -0.3 is 23.3 Å². The molecule has 9 heteroatoms. The molecule has 0 bridgehead atoms. The van der Waals surface area contributed by atoms with Gasteiger partial charge in [-0.05, 0) is 29.8 Å². The van der Waals surface area contributed by atoms with Gasteiger partial charge in [0.15, 0.2) is 6.35 Å². The number of anilines is 1. The smallest absolute Gasteiger partial charge is 0.414 e. The van der Waals surface area contributed by atoms with E-state index in [4.69, 9.17) is 23.3 Å². The Morgan fingerprint density at radius 1 is 0.964 bits per heavy atom. The largest absolute Gasteiger partial charge is 0.497 e. The summed E-state index contributed by atoms with van der Waals surface area (Å²) < 4.78 is 37.8. The van der Waals surface area contributed by atoms with Crippen molar-refractivity contribution in [3.8, 4) is 11.5 Å². The summed E-state index contributed by atoms with van der Waals surface area (Å²) in [6.07, 6.45) is -0.859. The molecule has 0 unspecified atom stereocenters. The Hall–Kier alpha value is -2.54. The van der Waals surface area contributed by atoms with E-state index in [0.717, 1.165) is 5.56 Å². The standard InChI is InChI=1S/C19H24NO7P/c1-23-16-11-9-15(10-12-16)13-20(19(21)24-2)17-7-5-6-8-18(17)27-14-28(22,25-3)26-4/h5-12H,13-14H2,1-4H3. The Morgan fingerprint density at radius 3 is 2.18 bits per heavy atom. The molecule has 0 saturated carbocycles. The van der Waals surface area contributed by atoms with Crippen molar-refractivity contribution in [3.63, 3.8) is 0 Å². The summed E-state index contributed by atoms with van der Waals surface area (Å²) in [5.74, 6) is 1.06. The average Bonchev–Trinajstić information content (AvgIpc) is 2.76. The first-order valence-corrected chi connectivity index (χ1v) is 10.1. The zero-order valence-corrected chi connectivity index (χ0v) is 17.2. The lowest BCUT2D eigenvalue weighted by Crippen LogP contribution is -2.30. The maximum atomic E-state index is 12.4. The van der Waals surface area contributed by atoms with Crippen LogP contribution >= 0.6 is 7.60 Å². The zero-order chi connectivity index (χ0) is 20.6. The van der Waals surface area contributed by atoms with Gasteiger partial charge >= 0.3 is 13.7 Å². The van der Waals surface area contributed by atoms with Crippen molar-refractivity contribution in [3.05, 3.63) is 54.1 Å². The number of ether oxygens (including phenoxy) is 3. The molecule has 0 aliphatic heterocycles. The first kappa shape index (κ1) is 21.8. The number of nitrogens with zero attached hydrogens (tertiary/aromatic N) is 1. The van der Waals surface area contributed by atoms with Crippen LogP contribution in [0.2, 0.25) is 0 Å². The molecule has 0 N–H and O–H groups in total. The third kappa shape index (κ3) is 5.48. The minimum Gasteiger partial charge on any atom is -0.497 e. The summed E-state index contributed by atoms with van der Waals surface area (Å²) in [7, 11) is 2.08. The zero-order valence-electron chi connectivity index (χ0n) is 16.3. The van der Waals surface area contributed by atoms with Crippen molar-refractivity contribution in [1.82, 2.24) is 0 Å². The van der Waals surface area contributed by atoms with Gasteiger partial charge in [-0.15, -0.1) is 0 Å². The predicted molar refractivity (Wildman–Crippen MR) is 105 cm³/mol. The molecule has 0 aliphatic rings. The van der Waals surface area contributed by atoms with E-state index in [2.05, 4.69) is 0 Å². The van der Waals surface area contributed by atoms with E-state index in [0.29, 0.717) is 17.2 Å². The minimum atomic E-state index is -3.37. The highest BCUT2D eigenvalue weighted by Gasteiger charge is 2.25. The summed E-state index contributed by atoms with van der Waals surface area (Å²) in [4.78, 5) is 13.8. The summed E-state index contributed by atoms with van der Waals surface area (Å²) in [5, 5.41) is 0. The summed E-state index contributed by atoms with van der Waals surface area (Å²) in [6.45, 7) is 0.239. The number of carbonyl (C=O) groups excluding carboxylic acids is 1. The maximum absolute atomic E-state index is 12.4. The molecule has 0 saturated heterocycles. The molecular weight excluding hydrogens is 385 g/mol. The maximum Gasteiger partial charge on any atom is 0.414 e. The van der Waals surface area contributed by atoms with Crippen LogP contribution in [0, 0.1) is 0 Å². The molecule has 0 radical (unpaired) electrons. The Balaban J connectivity index is 2.30. The van der Waals surface area contributed by atoms with Crippen LogP contribution in [0.4, 0.5) is 10.5 Å². The first-order valence-electron chi connectivity index (χ1n) is 8.37. The summed E-state index contributed by atoms with van der Waals surface area (Å²) >= 11 is 0. The topological polar surface area (TPSA) is 83.5 Å². The van der Waals surface area contributed by atoms with Crippen molar-refractivity contribution in [2.24, 2.45) is 0 Å². The van der Waals surface area contributed by atoms with Crippen molar-refractivity contribution in [2.45, 2.75) is 6.54 Å².